The Bertz CT molecular complexity index is 2170. The first-order valence-corrected chi connectivity index (χ1v) is 17.6. The monoisotopic (exact) mass is 792 g/mol. The van der Waals surface area contributed by atoms with Crippen molar-refractivity contribution in [3.8, 4) is 11.5 Å². The standard InChI is InChI=1S/C38H39F3N8O8/c1-19(2)23-15-24(29(51)16-28(23)50)32(42)49(33(43)35(55)44-18-38(39,40)41)21-9-7-20(8-10-21)36(56)47(3)14-13-31(53)45-26-6-4-5-22-25(26)17-48(37(22)57)27-11-12-30(52)46-34(27)54/h4-10,15-16,19,27,42-43,50-51H,11-14,17-18H2,1-3H3,(H,44,55)(H,45,53)(H,46,52,54). The third-order valence-corrected chi connectivity index (χ3v) is 9.38. The highest BCUT2D eigenvalue weighted by atomic mass is 19.4. The van der Waals surface area contributed by atoms with Crippen LogP contribution in [0.3, 0.4) is 0 Å². The number of amides is 6. The highest BCUT2D eigenvalue weighted by Crippen LogP contribution is 2.35. The van der Waals surface area contributed by atoms with Gasteiger partial charge in [-0.3, -0.25) is 49.8 Å². The quantitative estimate of drug-likeness (QED) is 0.0902. The lowest BCUT2D eigenvalue weighted by Gasteiger charge is -2.29. The van der Waals surface area contributed by atoms with Crippen LogP contribution in [0, 0.1) is 10.8 Å². The molecule has 1 unspecified atom stereocenters. The third-order valence-electron chi connectivity index (χ3n) is 9.38. The van der Waals surface area contributed by atoms with Gasteiger partial charge in [-0.2, -0.15) is 13.2 Å². The predicted molar refractivity (Wildman–Crippen MR) is 199 cm³/mol. The van der Waals surface area contributed by atoms with Gasteiger partial charge in [0.15, 0.2) is 5.84 Å². The van der Waals surface area contributed by atoms with Crippen LogP contribution in [0.25, 0.3) is 0 Å². The molecule has 1 atom stereocenters. The number of carbonyl (C=O) groups excluding carboxylic acids is 6. The molecule has 7 N–H and O–H groups in total. The van der Waals surface area contributed by atoms with Crippen molar-refractivity contribution in [1.82, 2.24) is 20.4 Å². The lowest BCUT2D eigenvalue weighted by molar-refractivity contribution is -0.137. The molecular formula is C38H39F3N8O8. The summed E-state index contributed by atoms with van der Waals surface area (Å²) in [5, 5.41) is 44.8. The van der Waals surface area contributed by atoms with Gasteiger partial charge in [0.2, 0.25) is 17.7 Å². The number of aromatic hydroxyl groups is 2. The van der Waals surface area contributed by atoms with Crippen LogP contribution in [0.2, 0.25) is 0 Å². The van der Waals surface area contributed by atoms with Crippen molar-refractivity contribution in [2.75, 3.05) is 30.4 Å². The summed E-state index contributed by atoms with van der Waals surface area (Å²) in [6.45, 7) is 1.66. The van der Waals surface area contributed by atoms with E-state index < -0.39 is 71.6 Å². The van der Waals surface area contributed by atoms with Gasteiger partial charge in [-0.25, -0.2) is 0 Å². The van der Waals surface area contributed by atoms with Crippen molar-refractivity contribution < 1.29 is 52.2 Å². The highest BCUT2D eigenvalue weighted by molar-refractivity contribution is 6.48. The van der Waals surface area contributed by atoms with Crippen LogP contribution >= 0.6 is 0 Å². The molecule has 5 rings (SSSR count). The average molecular weight is 793 g/mol. The molecule has 2 heterocycles. The van der Waals surface area contributed by atoms with Crippen molar-refractivity contribution in [3.05, 3.63) is 82.4 Å². The molecule has 300 valence electrons. The number of hydrogen-bond donors (Lipinski definition) is 7. The maximum atomic E-state index is 13.3. The molecule has 0 bridgehead atoms. The number of rotatable bonds is 10. The largest absolute Gasteiger partial charge is 0.508 e. The molecule has 3 aromatic rings. The second-order valence-corrected chi connectivity index (χ2v) is 13.7. The van der Waals surface area contributed by atoms with Gasteiger partial charge in [-0.05, 0) is 60.4 Å². The average Bonchev–Trinajstić information content (AvgIpc) is 3.48. The number of imide groups is 1. The van der Waals surface area contributed by atoms with E-state index in [0.717, 1.165) is 6.07 Å². The maximum Gasteiger partial charge on any atom is 0.405 e. The number of hydrogen-bond acceptors (Lipinski definition) is 10. The number of anilines is 2. The summed E-state index contributed by atoms with van der Waals surface area (Å²) in [5.74, 6) is -6.92. The fourth-order valence-electron chi connectivity index (χ4n) is 6.36. The minimum absolute atomic E-state index is 0.0367. The fraction of sp³-hybridized carbons (Fsp3) is 0.316. The van der Waals surface area contributed by atoms with Crippen LogP contribution in [0.1, 0.15) is 76.4 Å². The lowest BCUT2D eigenvalue weighted by atomic mass is 9.98. The molecule has 2 aliphatic rings. The zero-order valence-electron chi connectivity index (χ0n) is 30.9. The topological polar surface area (TPSA) is 236 Å². The zero-order valence-corrected chi connectivity index (χ0v) is 30.9. The number of piperidine rings is 1. The number of phenolic OH excluding ortho intramolecular Hbond substituents is 2. The number of nitrogens with zero attached hydrogens (tertiary/aromatic N) is 3. The first-order valence-electron chi connectivity index (χ1n) is 17.6. The Balaban J connectivity index is 1.28. The Morgan fingerprint density at radius 3 is 2.33 bits per heavy atom. The van der Waals surface area contributed by atoms with E-state index in [1.54, 1.807) is 37.4 Å². The Hall–Kier alpha value is -6.79. The number of halogens is 3. The number of benzene rings is 3. The maximum absolute atomic E-state index is 13.3. The van der Waals surface area contributed by atoms with Gasteiger partial charge in [-0.15, -0.1) is 0 Å². The number of nitrogens with one attached hydrogen (secondary N) is 5. The molecule has 6 amide bonds. The second kappa shape index (κ2) is 16.5. The fourth-order valence-corrected chi connectivity index (χ4v) is 6.36. The van der Waals surface area contributed by atoms with Crippen molar-refractivity contribution in [2.45, 2.75) is 57.8 Å². The SMILES string of the molecule is CC(C)c1cc(C(=N)N(C(=N)C(=O)NCC(F)(F)F)c2ccc(C(=O)N(C)CCC(=O)Nc3cccc4c3CN(C3CCC(=O)NC3=O)C4=O)cc2)c(O)cc1O. The van der Waals surface area contributed by atoms with Gasteiger partial charge in [0, 0.05) is 67.1 Å². The summed E-state index contributed by atoms with van der Waals surface area (Å²) in [5.41, 5.74) is 1.18. The molecule has 0 aromatic heterocycles. The Kier molecular flexibility index (Phi) is 12.0. The van der Waals surface area contributed by atoms with Crippen LogP contribution in [0.5, 0.6) is 11.5 Å². The molecule has 16 nitrogen and oxygen atoms in total. The van der Waals surface area contributed by atoms with Crippen LogP contribution in [0.4, 0.5) is 24.5 Å². The summed E-state index contributed by atoms with van der Waals surface area (Å²) < 4.78 is 38.7. The first kappa shape index (κ1) is 41.4. The Morgan fingerprint density at radius 1 is 1.02 bits per heavy atom. The molecular weight excluding hydrogens is 753 g/mol. The van der Waals surface area contributed by atoms with Crippen LogP contribution in [-0.4, -0.2) is 99.5 Å². The van der Waals surface area contributed by atoms with Crippen molar-refractivity contribution in [1.29, 1.82) is 10.8 Å². The van der Waals surface area contributed by atoms with Crippen molar-refractivity contribution in [3.63, 3.8) is 0 Å². The van der Waals surface area contributed by atoms with Gasteiger partial charge in [-0.1, -0.05) is 19.9 Å². The van der Waals surface area contributed by atoms with Crippen molar-refractivity contribution >= 4 is 58.5 Å². The summed E-state index contributed by atoms with van der Waals surface area (Å²) in [4.78, 5) is 79.5. The number of carbonyl (C=O) groups is 6. The summed E-state index contributed by atoms with van der Waals surface area (Å²) >= 11 is 0. The van der Waals surface area contributed by atoms with E-state index in [4.69, 9.17) is 10.8 Å². The molecule has 0 aliphatic carbocycles. The van der Waals surface area contributed by atoms with Crippen molar-refractivity contribution in [2.24, 2.45) is 0 Å². The number of alkyl halides is 3. The number of amidine groups is 2. The molecule has 0 spiro atoms. The summed E-state index contributed by atoms with van der Waals surface area (Å²) in [7, 11) is 1.43. The number of phenols is 2. The lowest BCUT2D eigenvalue weighted by Crippen LogP contribution is -2.52. The van der Waals surface area contributed by atoms with Crippen LogP contribution < -0.4 is 20.9 Å². The van der Waals surface area contributed by atoms with Gasteiger partial charge in [0.1, 0.15) is 29.9 Å². The van der Waals surface area contributed by atoms with Crippen LogP contribution in [0.15, 0.2) is 54.6 Å². The normalized spacial score (nSPS) is 15.2. The smallest absolute Gasteiger partial charge is 0.405 e. The highest BCUT2D eigenvalue weighted by Gasteiger charge is 2.40. The molecule has 2 aliphatic heterocycles. The van der Waals surface area contributed by atoms with E-state index in [1.165, 1.54) is 47.2 Å². The van der Waals surface area contributed by atoms with Gasteiger partial charge >= 0.3 is 6.18 Å². The Labute approximate surface area is 323 Å². The van der Waals surface area contributed by atoms with E-state index in [2.05, 4.69) is 10.6 Å². The Morgan fingerprint density at radius 2 is 1.70 bits per heavy atom. The third kappa shape index (κ3) is 9.20. The first-order chi connectivity index (χ1) is 26.8. The zero-order chi connectivity index (χ0) is 41.9. The molecule has 1 saturated heterocycles. The van der Waals surface area contributed by atoms with E-state index in [1.807, 2.05) is 0 Å². The molecule has 1 fully saturated rings. The minimum Gasteiger partial charge on any atom is -0.508 e. The van der Waals surface area contributed by atoms with E-state index in [-0.39, 0.29) is 60.8 Å². The molecule has 19 heteroatoms. The second-order valence-electron chi connectivity index (χ2n) is 13.7. The summed E-state index contributed by atoms with van der Waals surface area (Å²) in [6.07, 6.45) is -4.71. The minimum atomic E-state index is -4.80. The molecule has 0 saturated carbocycles. The molecule has 3 aromatic carbocycles. The molecule has 0 radical (unpaired) electrons. The van der Waals surface area contributed by atoms with E-state index in [9.17, 15) is 52.2 Å². The summed E-state index contributed by atoms with van der Waals surface area (Å²) in [6, 6.07) is 11.2. The predicted octanol–water partition coefficient (Wildman–Crippen LogP) is 3.57. The van der Waals surface area contributed by atoms with Gasteiger partial charge in [0.05, 0.1) is 5.56 Å². The number of fused-ring (bicyclic) bond motifs is 1. The van der Waals surface area contributed by atoms with E-state index in [0.29, 0.717) is 27.3 Å². The van der Waals surface area contributed by atoms with E-state index >= 15 is 0 Å². The van der Waals surface area contributed by atoms with Gasteiger partial charge < -0.3 is 30.6 Å². The molecule has 57 heavy (non-hydrogen) atoms. The van der Waals surface area contributed by atoms with Gasteiger partial charge in [0.25, 0.3) is 17.7 Å². The van der Waals surface area contributed by atoms with Crippen LogP contribution in [-0.2, 0) is 25.7 Å².